The van der Waals surface area contributed by atoms with E-state index >= 15 is 0 Å². The van der Waals surface area contributed by atoms with E-state index in [1.165, 1.54) is 24.3 Å². The van der Waals surface area contributed by atoms with Crippen LogP contribution in [-0.2, 0) is 33.5 Å². The molecule has 40 heavy (non-hydrogen) atoms. The van der Waals surface area contributed by atoms with Gasteiger partial charge >= 0.3 is 12.1 Å². The van der Waals surface area contributed by atoms with Crippen LogP contribution in [0.15, 0.2) is 42.5 Å². The lowest BCUT2D eigenvalue weighted by atomic mass is 9.63. The second kappa shape index (κ2) is 10.1. The number of fused-ring (bicyclic) bond motifs is 3. The molecule has 2 aliphatic carbocycles. The molecular weight excluding hydrogens is 529 g/mol. The summed E-state index contributed by atoms with van der Waals surface area (Å²) in [5, 5.41) is 9.44. The molecule has 0 bridgehead atoms. The zero-order chi connectivity index (χ0) is 29.0. The van der Waals surface area contributed by atoms with Gasteiger partial charge in [-0.1, -0.05) is 37.3 Å². The number of carboxylic acid groups (broad SMARTS) is 1. The van der Waals surface area contributed by atoms with E-state index < -0.39 is 34.7 Å². The lowest BCUT2D eigenvalue weighted by Crippen LogP contribution is -2.51. The van der Waals surface area contributed by atoms with Crippen LogP contribution in [0.4, 0.5) is 22.0 Å². The third kappa shape index (κ3) is 4.79. The number of alkyl halides is 4. The molecule has 1 amide bonds. The van der Waals surface area contributed by atoms with Gasteiger partial charge in [0.1, 0.15) is 5.82 Å². The van der Waals surface area contributed by atoms with Gasteiger partial charge in [-0.3, -0.25) is 9.59 Å². The number of carbonyl (C=O) groups is 2. The van der Waals surface area contributed by atoms with Crippen molar-refractivity contribution in [2.45, 2.75) is 82.1 Å². The smallest absolute Gasteiger partial charge is 0.426 e. The lowest BCUT2D eigenvalue weighted by molar-refractivity contribution is -0.228. The number of hydrogen-bond donors (Lipinski definition) is 1. The summed E-state index contributed by atoms with van der Waals surface area (Å²) in [5.41, 5.74) is -2.25. The fourth-order valence-electron chi connectivity index (χ4n) is 7.45. The van der Waals surface area contributed by atoms with Crippen molar-refractivity contribution < 1.29 is 36.6 Å². The summed E-state index contributed by atoms with van der Waals surface area (Å²) in [6, 6.07) is 10.0. The Balaban J connectivity index is 1.51. The highest BCUT2D eigenvalue weighted by Crippen LogP contribution is 2.52. The van der Waals surface area contributed by atoms with Gasteiger partial charge in [-0.15, -0.1) is 0 Å². The van der Waals surface area contributed by atoms with Gasteiger partial charge in [0, 0.05) is 23.9 Å². The number of amides is 1. The number of aryl methyl sites for hydroxylation is 1. The number of nitrogens with zero attached hydrogens (tertiary/aromatic N) is 1. The minimum Gasteiger partial charge on any atom is -0.481 e. The average molecular weight is 564 g/mol. The third-order valence-electron chi connectivity index (χ3n) is 9.77. The zero-order valence-corrected chi connectivity index (χ0v) is 22.6. The molecule has 2 aromatic rings. The van der Waals surface area contributed by atoms with Gasteiger partial charge in [0.2, 0.25) is 11.6 Å². The highest BCUT2D eigenvalue weighted by molar-refractivity contribution is 5.81. The van der Waals surface area contributed by atoms with Crippen LogP contribution in [0.1, 0.15) is 68.2 Å². The summed E-state index contributed by atoms with van der Waals surface area (Å²) in [6.45, 7) is 2.91. The normalized spacial score (nSPS) is 29.8. The first-order valence-electron chi connectivity index (χ1n) is 13.9. The lowest BCUT2D eigenvalue weighted by Gasteiger charge is -2.45. The zero-order valence-electron chi connectivity index (χ0n) is 22.6. The van der Waals surface area contributed by atoms with Crippen LogP contribution >= 0.6 is 0 Å². The molecular formula is C31H34F5NO3. The number of carboxylic acids is 1. The van der Waals surface area contributed by atoms with Crippen molar-refractivity contribution in [3.63, 3.8) is 0 Å². The summed E-state index contributed by atoms with van der Waals surface area (Å²) < 4.78 is 69.1. The van der Waals surface area contributed by atoms with E-state index in [4.69, 9.17) is 0 Å². The first-order valence-corrected chi connectivity index (χ1v) is 13.9. The van der Waals surface area contributed by atoms with Crippen LogP contribution in [0, 0.1) is 23.6 Å². The van der Waals surface area contributed by atoms with E-state index in [2.05, 4.69) is 0 Å². The van der Waals surface area contributed by atoms with Crippen LogP contribution in [-0.4, -0.2) is 40.6 Å². The van der Waals surface area contributed by atoms with E-state index in [0.29, 0.717) is 64.0 Å². The van der Waals surface area contributed by atoms with Gasteiger partial charge in [-0.25, -0.2) is 8.78 Å². The molecule has 1 saturated carbocycles. The Kier molecular flexibility index (Phi) is 7.24. The van der Waals surface area contributed by atoms with Crippen molar-refractivity contribution in [2.24, 2.45) is 17.8 Å². The molecule has 0 radical (unpaired) electrons. The SMILES string of the molecule is C[C@H]1C[C@@H](C(=O)O)CC[C@@H]1C(=O)N1CC[C@@]2(Cc3ccc(F)cc3)c3ccc(C(C)(F)C(F)(F)F)cc3CC[C@@H]12. The minimum absolute atomic E-state index is 0.00389. The molecule has 5 rings (SSSR count). The van der Waals surface area contributed by atoms with Gasteiger partial charge in [0.05, 0.1) is 5.92 Å². The largest absolute Gasteiger partial charge is 0.481 e. The Labute approximate surface area is 230 Å². The maximum Gasteiger partial charge on any atom is 0.426 e. The Morgan fingerprint density at radius 1 is 1.05 bits per heavy atom. The van der Waals surface area contributed by atoms with Gasteiger partial charge in [0.25, 0.3) is 0 Å². The molecule has 1 heterocycles. The molecule has 4 nitrogen and oxygen atoms in total. The maximum absolute atomic E-state index is 14.9. The quantitative estimate of drug-likeness (QED) is 0.410. The summed E-state index contributed by atoms with van der Waals surface area (Å²) >= 11 is 0. The third-order valence-corrected chi connectivity index (χ3v) is 9.77. The molecule has 3 aliphatic rings. The molecule has 1 saturated heterocycles. The molecule has 216 valence electrons. The molecule has 2 fully saturated rings. The number of hydrogen-bond acceptors (Lipinski definition) is 2. The predicted octanol–water partition coefficient (Wildman–Crippen LogP) is 6.74. The number of carbonyl (C=O) groups excluding carboxylic acids is 1. The van der Waals surface area contributed by atoms with Gasteiger partial charge in [-0.05, 0) is 92.2 Å². The molecule has 6 atom stereocenters. The second-order valence-electron chi connectivity index (χ2n) is 12.1. The van der Waals surface area contributed by atoms with E-state index in [1.807, 2.05) is 11.8 Å². The van der Waals surface area contributed by atoms with Crippen LogP contribution < -0.4 is 0 Å². The summed E-state index contributed by atoms with van der Waals surface area (Å²) in [6.07, 6.45) is -1.73. The number of rotatable bonds is 5. The van der Waals surface area contributed by atoms with Crippen molar-refractivity contribution in [1.29, 1.82) is 0 Å². The van der Waals surface area contributed by atoms with E-state index in [-0.39, 0.29) is 29.6 Å². The first-order chi connectivity index (χ1) is 18.7. The summed E-state index contributed by atoms with van der Waals surface area (Å²) in [7, 11) is 0. The molecule has 1 aliphatic heterocycles. The molecule has 1 unspecified atom stereocenters. The Morgan fingerprint density at radius 3 is 2.38 bits per heavy atom. The molecule has 2 aromatic carbocycles. The Bertz CT molecular complexity index is 1290. The standard InChI is InChI=1S/C31H34F5NO3/c1-18-15-21(28(39)40)5-10-24(18)27(38)37-14-13-30(17-19-3-8-23(32)9-4-19)25-11-7-22(29(2,33)31(34,35)36)16-20(25)6-12-26(30)37/h3-4,7-9,11,16,18,21,24,26H,5-6,10,12-15,17H2,1-2H3,(H,39,40)/t18-,21-,24-,26+,29?,30+/m0/s1. The van der Waals surface area contributed by atoms with Gasteiger partial charge in [-0.2, -0.15) is 13.2 Å². The second-order valence-corrected chi connectivity index (χ2v) is 12.1. The van der Waals surface area contributed by atoms with E-state index in [9.17, 15) is 36.6 Å². The van der Waals surface area contributed by atoms with Crippen molar-refractivity contribution in [1.82, 2.24) is 4.90 Å². The number of benzene rings is 2. The summed E-state index contributed by atoms with van der Waals surface area (Å²) in [5.74, 6) is -2.05. The molecule has 0 spiro atoms. The highest BCUT2D eigenvalue weighted by atomic mass is 19.4. The maximum atomic E-state index is 14.9. The monoisotopic (exact) mass is 563 g/mol. The fraction of sp³-hybridized carbons (Fsp3) is 0.548. The average Bonchev–Trinajstić information content (AvgIpc) is 3.28. The van der Waals surface area contributed by atoms with Crippen molar-refractivity contribution >= 4 is 11.9 Å². The number of aliphatic carboxylic acids is 1. The Morgan fingerprint density at radius 2 is 1.75 bits per heavy atom. The molecule has 9 heteroatoms. The summed E-state index contributed by atoms with van der Waals surface area (Å²) in [4.78, 5) is 27.4. The minimum atomic E-state index is -5.06. The van der Waals surface area contributed by atoms with Crippen molar-refractivity contribution in [3.8, 4) is 0 Å². The topological polar surface area (TPSA) is 57.6 Å². The fourth-order valence-corrected chi connectivity index (χ4v) is 7.45. The van der Waals surface area contributed by atoms with Crippen LogP contribution in [0.25, 0.3) is 0 Å². The first kappa shape index (κ1) is 28.6. The molecule has 1 N–H and O–H groups in total. The van der Waals surface area contributed by atoms with Crippen LogP contribution in [0.2, 0.25) is 0 Å². The van der Waals surface area contributed by atoms with Gasteiger partial charge in [0.15, 0.2) is 0 Å². The van der Waals surface area contributed by atoms with E-state index in [0.717, 1.165) is 11.1 Å². The van der Waals surface area contributed by atoms with Crippen LogP contribution in [0.5, 0.6) is 0 Å². The van der Waals surface area contributed by atoms with Crippen molar-refractivity contribution in [2.75, 3.05) is 6.54 Å². The van der Waals surface area contributed by atoms with Crippen LogP contribution in [0.3, 0.4) is 0 Å². The predicted molar refractivity (Wildman–Crippen MR) is 139 cm³/mol. The van der Waals surface area contributed by atoms with E-state index in [1.54, 1.807) is 18.2 Å². The Hall–Kier alpha value is -2.97. The van der Waals surface area contributed by atoms with Gasteiger partial charge < -0.3 is 10.0 Å². The molecule has 0 aromatic heterocycles. The number of halogens is 5. The van der Waals surface area contributed by atoms with Crippen molar-refractivity contribution in [3.05, 3.63) is 70.5 Å². The highest BCUT2D eigenvalue weighted by Gasteiger charge is 2.56. The number of likely N-dealkylation sites (tertiary alicyclic amines) is 1.